The maximum Gasteiger partial charge on any atom is 0.411 e. The number of amides is 1. The lowest BCUT2D eigenvalue weighted by Gasteiger charge is -2.30. The second-order valence-corrected chi connectivity index (χ2v) is 5.75. The minimum absolute atomic E-state index is 0.206. The van der Waals surface area contributed by atoms with Crippen LogP contribution in [-0.4, -0.2) is 40.4 Å². The average Bonchev–Trinajstić information content (AvgIpc) is 2.46. The largest absolute Gasteiger partial charge is 0.444 e. The van der Waals surface area contributed by atoms with Gasteiger partial charge in [0.25, 0.3) is 6.21 Å². The zero-order valence-corrected chi connectivity index (χ0v) is 13.1. The van der Waals surface area contributed by atoms with Crippen LogP contribution >= 0.6 is 0 Å². The van der Waals surface area contributed by atoms with Crippen LogP contribution in [0.1, 0.15) is 38.8 Å². The van der Waals surface area contributed by atoms with Gasteiger partial charge in [0.1, 0.15) is 17.9 Å². The fourth-order valence-electron chi connectivity index (χ4n) is 1.90. The molecule has 6 nitrogen and oxygen atoms in total. The summed E-state index contributed by atoms with van der Waals surface area (Å²) in [5, 5.41) is 0. The van der Waals surface area contributed by atoms with Gasteiger partial charge in [0.15, 0.2) is 0 Å². The summed E-state index contributed by atoms with van der Waals surface area (Å²) in [4.78, 5) is 28.1. The monoisotopic (exact) mass is 303 g/mol. The van der Waals surface area contributed by atoms with Crippen LogP contribution in [0.25, 0.3) is 5.53 Å². The number of aldehydes is 1. The van der Waals surface area contributed by atoms with Gasteiger partial charge in [-0.2, -0.15) is 4.79 Å². The summed E-state index contributed by atoms with van der Waals surface area (Å²) in [5.41, 5.74) is 8.52. The van der Waals surface area contributed by atoms with Crippen LogP contribution in [0.3, 0.4) is 0 Å². The van der Waals surface area contributed by atoms with Crippen molar-refractivity contribution < 1.29 is 19.1 Å². The highest BCUT2D eigenvalue weighted by Crippen LogP contribution is 2.21. The van der Waals surface area contributed by atoms with E-state index in [1.165, 1.54) is 11.1 Å². The smallest absolute Gasteiger partial charge is 0.411 e. The van der Waals surface area contributed by atoms with Gasteiger partial charge >= 0.3 is 6.09 Å². The van der Waals surface area contributed by atoms with Crippen LogP contribution in [-0.2, 0) is 9.53 Å². The summed E-state index contributed by atoms with van der Waals surface area (Å²) < 4.78 is 5.36. The lowest BCUT2D eigenvalue weighted by atomic mass is 10.1. The zero-order valence-electron chi connectivity index (χ0n) is 13.1. The fourth-order valence-corrected chi connectivity index (χ4v) is 1.90. The Hall–Kier alpha value is -2.46. The standard InChI is InChI=1S/C16H21N3O3/c1-16(2,3)22-15(21)19(11-7-10-18-17)14(12-20)13-8-5-4-6-9-13/h4-6,8-10,12,14H,7,11H2,1-3H3/t14-/m1/s1. The third-order valence-electron chi connectivity index (χ3n) is 2.81. The Kier molecular flexibility index (Phi) is 6.47. The molecule has 0 aliphatic heterocycles. The van der Waals surface area contributed by atoms with Gasteiger partial charge in [0.05, 0.1) is 6.42 Å². The Bertz CT molecular complexity index is 546. The molecule has 0 radical (unpaired) electrons. The quantitative estimate of drug-likeness (QED) is 0.350. The summed E-state index contributed by atoms with van der Waals surface area (Å²) in [6.45, 7) is 5.49. The summed E-state index contributed by atoms with van der Waals surface area (Å²) in [6, 6.07) is 8.24. The summed E-state index contributed by atoms with van der Waals surface area (Å²) >= 11 is 0. The molecule has 0 bridgehead atoms. The van der Waals surface area contributed by atoms with Crippen LogP contribution < -0.4 is 0 Å². The first-order valence-corrected chi connectivity index (χ1v) is 7.05. The SMILES string of the molecule is CC(C)(C)OC(=O)N(CCC=[N+]=[N-])[C@H](C=O)c1ccccc1. The second-order valence-electron chi connectivity index (χ2n) is 5.75. The predicted octanol–water partition coefficient (Wildman–Crippen LogP) is 2.85. The van der Waals surface area contributed by atoms with Crippen LogP contribution in [0.4, 0.5) is 4.79 Å². The molecule has 1 rings (SSSR count). The number of ether oxygens (including phenoxy) is 1. The van der Waals surface area contributed by atoms with Gasteiger partial charge < -0.3 is 15.1 Å². The Morgan fingerprint density at radius 1 is 1.36 bits per heavy atom. The maximum absolute atomic E-state index is 12.4. The van der Waals surface area contributed by atoms with Gasteiger partial charge in [0, 0.05) is 6.54 Å². The average molecular weight is 303 g/mol. The topological polar surface area (TPSA) is 83.0 Å². The number of nitrogens with zero attached hydrogens (tertiary/aromatic N) is 3. The Labute approximate surface area is 130 Å². The molecular weight excluding hydrogens is 282 g/mol. The van der Waals surface area contributed by atoms with E-state index in [2.05, 4.69) is 4.79 Å². The molecular formula is C16H21N3O3. The molecule has 0 spiro atoms. The van der Waals surface area contributed by atoms with E-state index in [0.717, 1.165) is 0 Å². The van der Waals surface area contributed by atoms with Gasteiger partial charge in [-0.25, -0.2) is 4.79 Å². The van der Waals surface area contributed by atoms with Gasteiger partial charge in [-0.3, -0.25) is 4.90 Å². The third kappa shape index (κ3) is 5.50. The lowest BCUT2D eigenvalue weighted by molar-refractivity contribution is -0.112. The summed E-state index contributed by atoms with van der Waals surface area (Å²) in [5.74, 6) is 0. The fraction of sp³-hybridized carbons (Fsp3) is 0.438. The molecule has 0 aromatic heterocycles. The van der Waals surface area contributed by atoms with E-state index in [-0.39, 0.29) is 6.54 Å². The Morgan fingerprint density at radius 2 is 2.00 bits per heavy atom. The van der Waals surface area contributed by atoms with E-state index >= 15 is 0 Å². The first-order chi connectivity index (χ1) is 10.4. The highest BCUT2D eigenvalue weighted by atomic mass is 16.6. The van der Waals surface area contributed by atoms with E-state index in [1.807, 2.05) is 6.07 Å². The minimum atomic E-state index is -0.747. The molecule has 0 unspecified atom stereocenters. The van der Waals surface area contributed by atoms with Crippen LogP contribution in [0.5, 0.6) is 0 Å². The summed E-state index contributed by atoms with van der Waals surface area (Å²) in [6.07, 6.45) is 1.70. The van der Waals surface area contributed by atoms with Crippen molar-refractivity contribution in [3.05, 3.63) is 41.4 Å². The van der Waals surface area contributed by atoms with Crippen molar-refractivity contribution in [3.8, 4) is 0 Å². The molecule has 118 valence electrons. The third-order valence-corrected chi connectivity index (χ3v) is 2.81. The number of carbonyl (C=O) groups is 2. The number of carbonyl (C=O) groups excluding carboxylic acids is 2. The number of benzene rings is 1. The van der Waals surface area contributed by atoms with Crippen molar-refractivity contribution in [1.82, 2.24) is 4.90 Å². The molecule has 1 atom stereocenters. The first kappa shape index (κ1) is 17.6. The molecule has 1 amide bonds. The normalized spacial score (nSPS) is 12.0. The van der Waals surface area contributed by atoms with E-state index in [4.69, 9.17) is 10.3 Å². The van der Waals surface area contributed by atoms with E-state index in [1.54, 1.807) is 45.0 Å². The maximum atomic E-state index is 12.4. The molecule has 0 aliphatic carbocycles. The van der Waals surface area contributed by atoms with Crippen molar-refractivity contribution in [3.63, 3.8) is 0 Å². The summed E-state index contributed by atoms with van der Waals surface area (Å²) in [7, 11) is 0. The number of hydrogen-bond donors (Lipinski definition) is 0. The molecule has 6 heteroatoms. The molecule has 0 fully saturated rings. The second kappa shape index (κ2) is 8.10. The van der Waals surface area contributed by atoms with Crippen LogP contribution in [0.15, 0.2) is 30.3 Å². The Morgan fingerprint density at radius 3 is 2.50 bits per heavy atom. The predicted molar refractivity (Wildman–Crippen MR) is 82.5 cm³/mol. The van der Waals surface area contributed by atoms with Gasteiger partial charge in [0.2, 0.25) is 0 Å². The first-order valence-electron chi connectivity index (χ1n) is 7.05. The number of rotatable bonds is 6. The molecule has 0 heterocycles. The van der Waals surface area contributed by atoms with Crippen molar-refractivity contribution in [2.24, 2.45) is 0 Å². The van der Waals surface area contributed by atoms with Crippen LogP contribution in [0.2, 0.25) is 0 Å². The number of hydrogen-bond acceptors (Lipinski definition) is 3. The molecule has 0 N–H and O–H groups in total. The van der Waals surface area contributed by atoms with Crippen molar-refractivity contribution in [2.75, 3.05) is 6.54 Å². The molecule has 0 saturated carbocycles. The van der Waals surface area contributed by atoms with E-state index in [9.17, 15) is 9.59 Å². The molecule has 0 saturated heterocycles. The van der Waals surface area contributed by atoms with Crippen molar-refractivity contribution in [2.45, 2.75) is 38.8 Å². The minimum Gasteiger partial charge on any atom is -0.444 e. The molecule has 1 aromatic rings. The van der Waals surface area contributed by atoms with Crippen molar-refractivity contribution >= 4 is 18.6 Å². The molecule has 0 aliphatic rings. The zero-order chi connectivity index (χ0) is 16.6. The van der Waals surface area contributed by atoms with Gasteiger partial charge in [-0.1, -0.05) is 30.3 Å². The van der Waals surface area contributed by atoms with E-state index < -0.39 is 17.7 Å². The highest BCUT2D eigenvalue weighted by Gasteiger charge is 2.29. The highest BCUT2D eigenvalue weighted by molar-refractivity contribution is 5.75. The van der Waals surface area contributed by atoms with Crippen molar-refractivity contribution in [1.29, 1.82) is 0 Å². The molecule has 22 heavy (non-hydrogen) atoms. The molecule has 1 aromatic carbocycles. The Balaban J connectivity index is 3.03. The van der Waals surface area contributed by atoms with Crippen LogP contribution in [0, 0.1) is 0 Å². The van der Waals surface area contributed by atoms with E-state index in [0.29, 0.717) is 18.3 Å². The lowest BCUT2D eigenvalue weighted by Crippen LogP contribution is -2.40. The van der Waals surface area contributed by atoms with Gasteiger partial charge in [-0.05, 0) is 26.3 Å². The van der Waals surface area contributed by atoms with Gasteiger partial charge in [-0.15, -0.1) is 0 Å².